The number of nitrogens with two attached hydrogens (primary N) is 1. The Hall–Kier alpha value is -0.220. The molecule has 1 aliphatic rings. The highest BCUT2D eigenvalue weighted by Gasteiger charge is 2.30. The third-order valence-electron chi connectivity index (χ3n) is 3.27. The van der Waals surface area contributed by atoms with Gasteiger partial charge < -0.3 is 10.6 Å². The molecule has 2 N–H and O–H groups in total. The van der Waals surface area contributed by atoms with Gasteiger partial charge in [-0.25, -0.2) is 0 Å². The van der Waals surface area contributed by atoms with Crippen molar-refractivity contribution in [3.63, 3.8) is 0 Å². The van der Waals surface area contributed by atoms with E-state index in [0.717, 1.165) is 19.5 Å². The molecule has 1 aliphatic heterocycles. The molecule has 0 aliphatic carbocycles. The van der Waals surface area contributed by atoms with Crippen molar-refractivity contribution in [3.8, 4) is 0 Å². The highest BCUT2D eigenvalue weighted by Crippen LogP contribution is 2.25. The van der Waals surface area contributed by atoms with Crippen molar-refractivity contribution in [3.05, 3.63) is 0 Å². The quantitative estimate of drug-likeness (QED) is 0.822. The lowest BCUT2D eigenvalue weighted by atomic mass is 9.98. The first-order chi connectivity index (χ1) is 7.45. The van der Waals surface area contributed by atoms with Crippen molar-refractivity contribution in [2.45, 2.75) is 50.7 Å². The van der Waals surface area contributed by atoms with Crippen LogP contribution in [0.4, 0.5) is 0 Å². The van der Waals surface area contributed by atoms with Gasteiger partial charge in [0.05, 0.1) is 6.04 Å². The van der Waals surface area contributed by atoms with E-state index in [1.807, 2.05) is 23.6 Å². The lowest BCUT2D eigenvalue weighted by Gasteiger charge is -2.36. The zero-order valence-corrected chi connectivity index (χ0v) is 11.6. The molecule has 0 aromatic heterocycles. The third-order valence-corrected chi connectivity index (χ3v) is 4.50. The summed E-state index contributed by atoms with van der Waals surface area (Å²) >= 11 is 1.95. The molecule has 0 saturated carbocycles. The van der Waals surface area contributed by atoms with Crippen LogP contribution in [0, 0.1) is 5.92 Å². The average molecular weight is 244 g/mol. The molecule has 3 nitrogen and oxygen atoms in total. The second-order valence-electron chi connectivity index (χ2n) is 4.91. The number of nitrogens with zero attached hydrogens (tertiary/aromatic N) is 1. The van der Waals surface area contributed by atoms with Crippen molar-refractivity contribution >= 4 is 17.7 Å². The van der Waals surface area contributed by atoms with Gasteiger partial charge in [0.15, 0.2) is 0 Å². The Labute approximate surface area is 103 Å². The molecule has 94 valence electrons. The Kier molecular flexibility index (Phi) is 5.12. The maximum Gasteiger partial charge on any atom is 0.239 e. The van der Waals surface area contributed by atoms with Gasteiger partial charge in [0.25, 0.3) is 0 Å². The minimum atomic E-state index is -0.326. The Morgan fingerprint density at radius 3 is 2.38 bits per heavy atom. The summed E-state index contributed by atoms with van der Waals surface area (Å²) in [6, 6.07) is -0.326. The lowest BCUT2D eigenvalue weighted by molar-refractivity contribution is -0.133. The Morgan fingerprint density at radius 2 is 1.94 bits per heavy atom. The van der Waals surface area contributed by atoms with Crippen LogP contribution >= 0.6 is 11.8 Å². The van der Waals surface area contributed by atoms with Gasteiger partial charge >= 0.3 is 0 Å². The lowest BCUT2D eigenvalue weighted by Crippen LogP contribution is -2.52. The molecule has 3 unspecified atom stereocenters. The molecule has 1 saturated heterocycles. The standard InChI is InChI=1S/C12H24N2OS/c1-5-8(2)11(13)12(15)14-6-9(3)16-10(4)7-14/h8-11H,5-7,13H2,1-4H3/t8?,9?,10?,11-/m0/s1. The maximum absolute atomic E-state index is 12.2. The molecule has 0 aromatic rings. The first kappa shape index (κ1) is 13.8. The van der Waals surface area contributed by atoms with E-state index in [1.165, 1.54) is 0 Å². The summed E-state index contributed by atoms with van der Waals surface area (Å²) in [6.45, 7) is 10.2. The van der Waals surface area contributed by atoms with Crippen molar-refractivity contribution in [1.82, 2.24) is 4.90 Å². The number of hydrogen-bond donors (Lipinski definition) is 1. The van der Waals surface area contributed by atoms with E-state index in [-0.39, 0.29) is 17.9 Å². The van der Waals surface area contributed by atoms with E-state index in [9.17, 15) is 4.79 Å². The highest BCUT2D eigenvalue weighted by molar-refractivity contribution is 8.00. The Morgan fingerprint density at radius 1 is 1.44 bits per heavy atom. The van der Waals surface area contributed by atoms with Crippen molar-refractivity contribution in [1.29, 1.82) is 0 Å². The molecule has 0 spiro atoms. The molecule has 0 radical (unpaired) electrons. The third kappa shape index (κ3) is 3.39. The van der Waals surface area contributed by atoms with Gasteiger partial charge in [-0.1, -0.05) is 34.1 Å². The van der Waals surface area contributed by atoms with Crippen LogP contribution in [0.25, 0.3) is 0 Å². The molecular formula is C12H24N2OS. The van der Waals surface area contributed by atoms with Gasteiger partial charge in [-0.05, 0) is 5.92 Å². The van der Waals surface area contributed by atoms with Crippen LogP contribution in [0.2, 0.25) is 0 Å². The number of carbonyl (C=O) groups excluding carboxylic acids is 1. The predicted octanol–water partition coefficient (Wildman–Crippen LogP) is 1.71. The van der Waals surface area contributed by atoms with Gasteiger partial charge in [-0.2, -0.15) is 11.8 Å². The molecule has 1 heterocycles. The van der Waals surface area contributed by atoms with E-state index < -0.39 is 0 Å². The Balaban J connectivity index is 2.59. The molecule has 16 heavy (non-hydrogen) atoms. The smallest absolute Gasteiger partial charge is 0.239 e. The summed E-state index contributed by atoms with van der Waals surface area (Å²) in [5, 5.41) is 1.05. The highest BCUT2D eigenvalue weighted by atomic mass is 32.2. The summed E-state index contributed by atoms with van der Waals surface area (Å²) in [6.07, 6.45) is 0.959. The monoisotopic (exact) mass is 244 g/mol. The van der Waals surface area contributed by atoms with E-state index >= 15 is 0 Å². The van der Waals surface area contributed by atoms with Crippen molar-refractivity contribution in [2.24, 2.45) is 11.7 Å². The van der Waals surface area contributed by atoms with E-state index in [4.69, 9.17) is 5.73 Å². The van der Waals surface area contributed by atoms with Crippen LogP contribution < -0.4 is 5.73 Å². The number of thioether (sulfide) groups is 1. The minimum absolute atomic E-state index is 0.133. The second-order valence-corrected chi connectivity index (χ2v) is 6.79. The largest absolute Gasteiger partial charge is 0.339 e. The van der Waals surface area contributed by atoms with Gasteiger partial charge in [-0.3, -0.25) is 4.79 Å². The number of amides is 1. The predicted molar refractivity (Wildman–Crippen MR) is 70.5 cm³/mol. The maximum atomic E-state index is 12.2. The van der Waals surface area contributed by atoms with Crippen LogP contribution in [-0.2, 0) is 4.79 Å². The van der Waals surface area contributed by atoms with Crippen LogP contribution in [-0.4, -0.2) is 40.4 Å². The summed E-state index contributed by atoms with van der Waals surface area (Å²) in [4.78, 5) is 14.1. The summed E-state index contributed by atoms with van der Waals surface area (Å²) < 4.78 is 0. The van der Waals surface area contributed by atoms with Gasteiger partial charge in [0.2, 0.25) is 5.91 Å². The normalized spacial score (nSPS) is 29.9. The SMILES string of the molecule is CCC(C)[C@H](N)C(=O)N1CC(C)SC(C)C1. The first-order valence-electron chi connectivity index (χ1n) is 6.15. The number of hydrogen-bond acceptors (Lipinski definition) is 3. The van der Waals surface area contributed by atoms with E-state index in [1.54, 1.807) is 0 Å². The molecule has 1 fully saturated rings. The number of carbonyl (C=O) groups is 1. The zero-order valence-electron chi connectivity index (χ0n) is 10.8. The van der Waals surface area contributed by atoms with E-state index in [0.29, 0.717) is 10.5 Å². The minimum Gasteiger partial charge on any atom is -0.339 e. The van der Waals surface area contributed by atoms with Crippen LogP contribution in [0.15, 0.2) is 0 Å². The molecular weight excluding hydrogens is 220 g/mol. The molecule has 0 bridgehead atoms. The first-order valence-corrected chi connectivity index (χ1v) is 7.09. The molecule has 0 aromatic carbocycles. The summed E-state index contributed by atoms with van der Waals surface area (Å²) in [5.41, 5.74) is 5.99. The summed E-state index contributed by atoms with van der Waals surface area (Å²) in [7, 11) is 0. The molecule has 4 heteroatoms. The van der Waals surface area contributed by atoms with Crippen LogP contribution in [0.3, 0.4) is 0 Å². The van der Waals surface area contributed by atoms with Gasteiger partial charge in [0, 0.05) is 23.6 Å². The zero-order chi connectivity index (χ0) is 12.3. The van der Waals surface area contributed by atoms with Crippen molar-refractivity contribution < 1.29 is 4.79 Å². The second kappa shape index (κ2) is 5.92. The van der Waals surface area contributed by atoms with Crippen LogP contribution in [0.1, 0.15) is 34.1 Å². The van der Waals surface area contributed by atoms with Crippen molar-refractivity contribution in [2.75, 3.05) is 13.1 Å². The van der Waals surface area contributed by atoms with Crippen LogP contribution in [0.5, 0.6) is 0 Å². The average Bonchev–Trinajstić information content (AvgIpc) is 2.24. The van der Waals surface area contributed by atoms with Gasteiger partial charge in [0.1, 0.15) is 0 Å². The topological polar surface area (TPSA) is 46.3 Å². The number of rotatable bonds is 3. The molecule has 4 atom stereocenters. The molecule has 1 amide bonds. The fourth-order valence-electron chi connectivity index (χ4n) is 2.07. The molecule has 1 rings (SSSR count). The van der Waals surface area contributed by atoms with E-state index in [2.05, 4.69) is 20.8 Å². The fraction of sp³-hybridized carbons (Fsp3) is 0.917. The summed E-state index contributed by atoms with van der Waals surface area (Å²) in [5.74, 6) is 0.404. The Bertz CT molecular complexity index is 237. The fourth-order valence-corrected chi connectivity index (χ4v) is 3.39. The van der Waals surface area contributed by atoms with Gasteiger partial charge in [-0.15, -0.1) is 0 Å².